The maximum Gasteiger partial charge on any atom is 0.124 e. The number of hydrogen-bond donors (Lipinski definition) is 2. The fraction of sp³-hybridized carbons (Fsp3) is 0.143. The average molecular weight is 378 g/mol. The minimum Gasteiger partial charge on any atom is -0.271 e. The highest BCUT2D eigenvalue weighted by Gasteiger charge is 2.16. The van der Waals surface area contributed by atoms with E-state index in [1.54, 1.807) is 6.07 Å². The van der Waals surface area contributed by atoms with Gasteiger partial charge in [0.25, 0.3) is 0 Å². The molecule has 0 amide bonds. The molecule has 106 valence electrons. The van der Waals surface area contributed by atoms with Crippen molar-refractivity contribution in [3.8, 4) is 0 Å². The van der Waals surface area contributed by atoms with Crippen molar-refractivity contribution >= 4 is 39.1 Å². The van der Waals surface area contributed by atoms with Crippen molar-refractivity contribution in [2.75, 3.05) is 0 Å². The summed E-state index contributed by atoms with van der Waals surface area (Å²) in [5, 5.41) is 0.971. The molecule has 2 nitrogen and oxygen atoms in total. The van der Waals surface area contributed by atoms with Gasteiger partial charge in [-0.3, -0.25) is 11.3 Å². The van der Waals surface area contributed by atoms with Gasteiger partial charge in [-0.05, 0) is 41.8 Å². The summed E-state index contributed by atoms with van der Waals surface area (Å²) in [6, 6.07) is 9.63. The van der Waals surface area contributed by atoms with E-state index in [2.05, 4.69) is 21.4 Å². The molecule has 2 aromatic carbocycles. The van der Waals surface area contributed by atoms with Crippen molar-refractivity contribution in [2.24, 2.45) is 5.84 Å². The van der Waals surface area contributed by atoms with Gasteiger partial charge in [0.2, 0.25) is 0 Å². The monoisotopic (exact) mass is 376 g/mol. The van der Waals surface area contributed by atoms with E-state index in [0.29, 0.717) is 16.5 Å². The van der Waals surface area contributed by atoms with Crippen LogP contribution < -0.4 is 11.3 Å². The summed E-state index contributed by atoms with van der Waals surface area (Å²) >= 11 is 15.6. The van der Waals surface area contributed by atoms with Gasteiger partial charge in [0, 0.05) is 14.5 Å². The third kappa shape index (κ3) is 3.71. The molecule has 0 saturated heterocycles. The maximum atomic E-state index is 13.1. The van der Waals surface area contributed by atoms with Gasteiger partial charge < -0.3 is 0 Å². The fourth-order valence-electron chi connectivity index (χ4n) is 1.95. The van der Waals surface area contributed by atoms with E-state index in [0.717, 1.165) is 15.6 Å². The number of nitrogens with one attached hydrogen (secondary N) is 1. The van der Waals surface area contributed by atoms with Gasteiger partial charge in [0.05, 0.1) is 6.04 Å². The van der Waals surface area contributed by atoms with Crippen molar-refractivity contribution < 1.29 is 4.39 Å². The number of hydrazine groups is 1. The first kappa shape index (κ1) is 15.7. The predicted octanol–water partition coefficient (Wildman–Crippen LogP) is 4.64. The standard InChI is InChI=1S/C14H12BrCl2FN2/c15-9-2-1-8(12(16)6-9)5-14(20-19)11-4-3-10(18)7-13(11)17/h1-4,6-7,14,20H,5,19H2. The molecule has 1 unspecified atom stereocenters. The van der Waals surface area contributed by atoms with Crippen LogP contribution in [0.3, 0.4) is 0 Å². The second-order valence-corrected chi connectivity index (χ2v) is 6.06. The summed E-state index contributed by atoms with van der Waals surface area (Å²) < 4.78 is 14.0. The van der Waals surface area contributed by atoms with Crippen molar-refractivity contribution in [3.05, 3.63) is 67.9 Å². The fourth-order valence-corrected chi connectivity index (χ4v) is 3.00. The molecule has 0 bridgehead atoms. The number of rotatable bonds is 4. The molecule has 0 aliphatic heterocycles. The highest BCUT2D eigenvalue weighted by molar-refractivity contribution is 9.10. The number of hydrogen-bond acceptors (Lipinski definition) is 2. The highest BCUT2D eigenvalue weighted by atomic mass is 79.9. The van der Waals surface area contributed by atoms with E-state index >= 15 is 0 Å². The van der Waals surface area contributed by atoms with E-state index in [-0.39, 0.29) is 11.9 Å². The van der Waals surface area contributed by atoms with Crippen LogP contribution in [0.4, 0.5) is 4.39 Å². The molecular formula is C14H12BrCl2FN2. The Labute approximate surface area is 135 Å². The Balaban J connectivity index is 2.28. The zero-order valence-electron chi connectivity index (χ0n) is 10.3. The molecule has 0 aliphatic carbocycles. The Morgan fingerprint density at radius 1 is 1.15 bits per heavy atom. The first-order valence-electron chi connectivity index (χ1n) is 5.86. The van der Waals surface area contributed by atoms with Gasteiger partial charge in [-0.25, -0.2) is 4.39 Å². The Bertz CT molecular complexity index is 622. The normalized spacial score (nSPS) is 12.4. The van der Waals surface area contributed by atoms with Crippen LogP contribution in [0.15, 0.2) is 40.9 Å². The summed E-state index contributed by atoms with van der Waals surface area (Å²) in [6.45, 7) is 0. The number of benzene rings is 2. The molecule has 0 spiro atoms. The number of halogens is 4. The molecule has 3 N–H and O–H groups in total. The van der Waals surface area contributed by atoms with Crippen LogP contribution in [0.25, 0.3) is 0 Å². The molecular weight excluding hydrogens is 366 g/mol. The minimum absolute atomic E-state index is 0.248. The van der Waals surface area contributed by atoms with Crippen LogP contribution in [0.1, 0.15) is 17.2 Å². The first-order valence-corrected chi connectivity index (χ1v) is 7.41. The summed E-state index contributed by atoms with van der Waals surface area (Å²) in [6.07, 6.45) is 0.550. The summed E-state index contributed by atoms with van der Waals surface area (Å²) in [7, 11) is 0. The molecule has 1 atom stereocenters. The third-order valence-electron chi connectivity index (χ3n) is 2.98. The van der Waals surface area contributed by atoms with Crippen LogP contribution in [-0.2, 0) is 6.42 Å². The second-order valence-electron chi connectivity index (χ2n) is 4.32. The molecule has 0 radical (unpaired) electrons. The van der Waals surface area contributed by atoms with Crippen molar-refractivity contribution in [3.63, 3.8) is 0 Å². The SMILES string of the molecule is NNC(Cc1ccc(Br)cc1Cl)c1ccc(F)cc1Cl. The van der Waals surface area contributed by atoms with Crippen LogP contribution in [0.2, 0.25) is 10.0 Å². The summed E-state index contributed by atoms with van der Waals surface area (Å²) in [5.74, 6) is 5.21. The van der Waals surface area contributed by atoms with E-state index in [9.17, 15) is 4.39 Å². The molecule has 0 aromatic heterocycles. The average Bonchev–Trinajstić information content (AvgIpc) is 2.39. The van der Waals surface area contributed by atoms with Crippen molar-refractivity contribution in [1.82, 2.24) is 5.43 Å². The summed E-state index contributed by atoms with van der Waals surface area (Å²) in [5.41, 5.74) is 4.35. The van der Waals surface area contributed by atoms with Crippen molar-refractivity contribution in [2.45, 2.75) is 12.5 Å². The van der Waals surface area contributed by atoms with E-state index in [1.165, 1.54) is 12.1 Å². The van der Waals surface area contributed by atoms with Crippen LogP contribution in [0.5, 0.6) is 0 Å². The zero-order valence-corrected chi connectivity index (χ0v) is 13.4. The first-order chi connectivity index (χ1) is 9.51. The lowest BCUT2D eigenvalue weighted by molar-refractivity contribution is 0.549. The van der Waals surface area contributed by atoms with Crippen LogP contribution >= 0.6 is 39.1 Å². The Kier molecular flexibility index (Phi) is 5.41. The Morgan fingerprint density at radius 3 is 2.50 bits per heavy atom. The molecule has 0 heterocycles. The Morgan fingerprint density at radius 2 is 1.90 bits per heavy atom. The van der Waals surface area contributed by atoms with Crippen LogP contribution in [-0.4, -0.2) is 0 Å². The molecule has 0 fully saturated rings. The lowest BCUT2D eigenvalue weighted by atomic mass is 9.99. The van der Waals surface area contributed by atoms with Gasteiger partial charge in [-0.1, -0.05) is 51.3 Å². The maximum absolute atomic E-state index is 13.1. The van der Waals surface area contributed by atoms with Crippen LogP contribution in [0, 0.1) is 5.82 Å². The van der Waals surface area contributed by atoms with E-state index in [4.69, 9.17) is 29.0 Å². The lowest BCUT2D eigenvalue weighted by Gasteiger charge is -2.18. The molecule has 20 heavy (non-hydrogen) atoms. The minimum atomic E-state index is -0.379. The predicted molar refractivity (Wildman–Crippen MR) is 84.3 cm³/mol. The third-order valence-corrected chi connectivity index (χ3v) is 4.15. The highest BCUT2D eigenvalue weighted by Crippen LogP contribution is 2.29. The van der Waals surface area contributed by atoms with Gasteiger partial charge in [-0.2, -0.15) is 0 Å². The molecule has 2 aromatic rings. The molecule has 0 saturated carbocycles. The summed E-state index contributed by atoms with van der Waals surface area (Å²) in [4.78, 5) is 0. The largest absolute Gasteiger partial charge is 0.271 e. The van der Waals surface area contributed by atoms with Gasteiger partial charge >= 0.3 is 0 Å². The quantitative estimate of drug-likeness (QED) is 0.601. The van der Waals surface area contributed by atoms with Crippen molar-refractivity contribution in [1.29, 1.82) is 0 Å². The molecule has 0 aliphatic rings. The van der Waals surface area contributed by atoms with Gasteiger partial charge in [0.1, 0.15) is 5.82 Å². The molecule has 6 heteroatoms. The van der Waals surface area contributed by atoms with Gasteiger partial charge in [-0.15, -0.1) is 0 Å². The number of nitrogens with two attached hydrogens (primary N) is 1. The smallest absolute Gasteiger partial charge is 0.124 e. The van der Waals surface area contributed by atoms with E-state index < -0.39 is 0 Å². The van der Waals surface area contributed by atoms with E-state index in [1.807, 2.05) is 18.2 Å². The second kappa shape index (κ2) is 6.87. The van der Waals surface area contributed by atoms with Gasteiger partial charge in [0.15, 0.2) is 0 Å². The topological polar surface area (TPSA) is 38.0 Å². The zero-order chi connectivity index (χ0) is 14.7. The Hall–Kier alpha value is -0.650. The molecule has 2 rings (SSSR count). The lowest BCUT2D eigenvalue weighted by Crippen LogP contribution is -2.30.